The average Bonchev–Trinajstić information content (AvgIpc) is 2.64. The molecule has 1 amide bonds. The molecule has 0 fully saturated rings. The molecule has 7 nitrogen and oxygen atoms in total. The van der Waals surface area contributed by atoms with Crippen LogP contribution in [0.2, 0.25) is 0 Å². The number of benzene rings is 1. The number of amides is 1. The first-order chi connectivity index (χ1) is 12.9. The smallest absolute Gasteiger partial charge is 0.407 e. The predicted octanol–water partition coefficient (Wildman–Crippen LogP) is 3.09. The summed E-state index contributed by atoms with van der Waals surface area (Å²) in [6, 6.07) is 7.96. The van der Waals surface area contributed by atoms with Gasteiger partial charge in [-0.05, 0) is 38.8 Å². The Kier molecular flexibility index (Phi) is 10.5. The minimum Gasteiger partial charge on any atom is -0.465 e. The molecule has 1 aromatic rings. The number of esters is 1. The van der Waals surface area contributed by atoms with E-state index in [1.165, 1.54) is 12.1 Å². The molecule has 1 aromatic carbocycles. The van der Waals surface area contributed by atoms with E-state index in [0.717, 1.165) is 19.3 Å². The van der Waals surface area contributed by atoms with E-state index in [1.54, 1.807) is 32.0 Å². The van der Waals surface area contributed by atoms with E-state index >= 15 is 0 Å². The van der Waals surface area contributed by atoms with E-state index in [1.807, 2.05) is 0 Å². The fraction of sp³-hybridized carbons (Fsp3) is 0.579. The van der Waals surface area contributed by atoms with Crippen molar-refractivity contribution in [2.24, 2.45) is 0 Å². The minimum absolute atomic E-state index is 0.127. The molecule has 0 aliphatic carbocycles. The summed E-state index contributed by atoms with van der Waals surface area (Å²) in [5.74, 6) is -0.703. The van der Waals surface area contributed by atoms with Crippen LogP contribution in [-0.2, 0) is 24.1 Å². The summed E-state index contributed by atoms with van der Waals surface area (Å²) in [6.07, 6.45) is 2.68. The number of unbranched alkanes of at least 4 members (excludes halogenated alkanes) is 3. The van der Waals surface area contributed by atoms with Gasteiger partial charge in [0, 0.05) is 6.54 Å². The molecule has 1 rings (SSSR count). The Bertz CT molecular complexity index is 675. The Morgan fingerprint density at radius 2 is 1.59 bits per heavy atom. The monoisotopic (exact) mass is 399 g/mol. The molecular formula is C19H29NO6S. The SMILES string of the molecule is CCOC(=O)NCCCCCCC(C(=O)OCC)S(=O)(=O)c1ccccc1. The van der Waals surface area contributed by atoms with E-state index in [-0.39, 0.29) is 17.9 Å². The van der Waals surface area contributed by atoms with Crippen molar-refractivity contribution in [2.45, 2.75) is 56.1 Å². The highest BCUT2D eigenvalue weighted by Crippen LogP contribution is 2.22. The lowest BCUT2D eigenvalue weighted by Gasteiger charge is -2.16. The molecule has 1 atom stereocenters. The highest BCUT2D eigenvalue weighted by molar-refractivity contribution is 7.92. The number of hydrogen-bond donors (Lipinski definition) is 1. The average molecular weight is 400 g/mol. The molecule has 0 spiro atoms. The van der Waals surface area contributed by atoms with Crippen molar-refractivity contribution in [2.75, 3.05) is 19.8 Å². The molecule has 0 saturated heterocycles. The second-order valence-corrected chi connectivity index (χ2v) is 8.08. The summed E-state index contributed by atoms with van der Waals surface area (Å²) in [5, 5.41) is 1.44. The van der Waals surface area contributed by atoms with Crippen molar-refractivity contribution in [1.29, 1.82) is 0 Å². The van der Waals surface area contributed by atoms with Gasteiger partial charge in [0.2, 0.25) is 0 Å². The Morgan fingerprint density at radius 1 is 0.963 bits per heavy atom. The molecule has 1 N–H and O–H groups in total. The zero-order valence-corrected chi connectivity index (χ0v) is 16.8. The summed E-state index contributed by atoms with van der Waals surface area (Å²) < 4.78 is 35.3. The number of carbonyl (C=O) groups is 2. The standard InChI is InChI=1S/C19H29NO6S/c1-3-25-18(21)17(27(23,24)16-12-8-7-9-13-16)14-10-5-6-11-15-20-19(22)26-4-2/h7-9,12-13,17H,3-6,10-11,14-15H2,1-2H3,(H,20,22). The van der Waals surface area contributed by atoms with Crippen LogP contribution in [0.3, 0.4) is 0 Å². The van der Waals surface area contributed by atoms with Gasteiger partial charge >= 0.3 is 12.1 Å². The quantitative estimate of drug-likeness (QED) is 0.428. The van der Waals surface area contributed by atoms with Gasteiger partial charge in [-0.25, -0.2) is 13.2 Å². The van der Waals surface area contributed by atoms with Crippen molar-refractivity contribution >= 4 is 21.9 Å². The topological polar surface area (TPSA) is 98.8 Å². The number of rotatable bonds is 12. The molecule has 0 bridgehead atoms. The molecular weight excluding hydrogens is 370 g/mol. The minimum atomic E-state index is -3.79. The van der Waals surface area contributed by atoms with E-state index in [0.29, 0.717) is 19.6 Å². The molecule has 27 heavy (non-hydrogen) atoms. The summed E-state index contributed by atoms with van der Waals surface area (Å²) in [4.78, 5) is 23.5. The molecule has 1 unspecified atom stereocenters. The molecule has 0 radical (unpaired) electrons. The van der Waals surface area contributed by atoms with Gasteiger partial charge in [0.25, 0.3) is 0 Å². The van der Waals surface area contributed by atoms with Gasteiger partial charge in [-0.1, -0.05) is 37.5 Å². The Hall–Kier alpha value is -2.09. The van der Waals surface area contributed by atoms with Gasteiger partial charge < -0.3 is 14.8 Å². The zero-order chi connectivity index (χ0) is 20.1. The first-order valence-electron chi connectivity index (χ1n) is 9.29. The third-order valence-corrected chi connectivity index (χ3v) is 6.04. The molecule has 8 heteroatoms. The van der Waals surface area contributed by atoms with Crippen LogP contribution in [0, 0.1) is 0 Å². The van der Waals surface area contributed by atoms with Crippen LogP contribution in [-0.4, -0.2) is 45.5 Å². The maximum Gasteiger partial charge on any atom is 0.407 e. The third-order valence-electron chi connectivity index (χ3n) is 3.93. The zero-order valence-electron chi connectivity index (χ0n) is 16.0. The summed E-state index contributed by atoms with van der Waals surface area (Å²) in [6.45, 7) is 4.36. The van der Waals surface area contributed by atoms with Gasteiger partial charge in [0.15, 0.2) is 15.1 Å². The van der Waals surface area contributed by atoms with Crippen molar-refractivity contribution in [3.63, 3.8) is 0 Å². The third kappa shape index (κ3) is 7.99. The molecule has 0 aliphatic heterocycles. The van der Waals surface area contributed by atoms with Gasteiger partial charge in [-0.2, -0.15) is 0 Å². The number of alkyl carbamates (subject to hydrolysis) is 1. The Labute approximate surface area is 161 Å². The second kappa shape index (κ2) is 12.3. The van der Waals surface area contributed by atoms with Crippen molar-refractivity contribution < 1.29 is 27.5 Å². The van der Waals surface area contributed by atoms with Crippen LogP contribution in [0.15, 0.2) is 35.2 Å². The van der Waals surface area contributed by atoms with Gasteiger partial charge in [0.05, 0.1) is 18.1 Å². The normalized spacial score (nSPS) is 12.2. The van der Waals surface area contributed by atoms with E-state index in [9.17, 15) is 18.0 Å². The molecule has 0 heterocycles. The highest BCUT2D eigenvalue weighted by atomic mass is 32.2. The lowest BCUT2D eigenvalue weighted by molar-refractivity contribution is -0.142. The molecule has 152 valence electrons. The van der Waals surface area contributed by atoms with Crippen LogP contribution < -0.4 is 5.32 Å². The van der Waals surface area contributed by atoms with Crippen LogP contribution >= 0.6 is 0 Å². The van der Waals surface area contributed by atoms with Crippen LogP contribution in [0.1, 0.15) is 46.0 Å². The maximum atomic E-state index is 12.8. The highest BCUT2D eigenvalue weighted by Gasteiger charge is 2.34. The van der Waals surface area contributed by atoms with E-state index in [4.69, 9.17) is 9.47 Å². The number of ether oxygens (including phenoxy) is 2. The summed E-state index contributed by atoms with van der Waals surface area (Å²) in [7, 11) is -3.79. The molecule has 0 aliphatic rings. The Balaban J connectivity index is 2.52. The summed E-state index contributed by atoms with van der Waals surface area (Å²) >= 11 is 0. The van der Waals surface area contributed by atoms with E-state index in [2.05, 4.69) is 5.32 Å². The Morgan fingerprint density at radius 3 is 2.22 bits per heavy atom. The van der Waals surface area contributed by atoms with Gasteiger partial charge in [0.1, 0.15) is 0 Å². The number of sulfone groups is 1. The van der Waals surface area contributed by atoms with Crippen LogP contribution in [0.25, 0.3) is 0 Å². The summed E-state index contributed by atoms with van der Waals surface area (Å²) in [5.41, 5.74) is 0. The first kappa shape index (κ1) is 23.0. The number of hydrogen-bond acceptors (Lipinski definition) is 6. The van der Waals surface area contributed by atoms with Crippen LogP contribution in [0.5, 0.6) is 0 Å². The fourth-order valence-corrected chi connectivity index (χ4v) is 4.25. The lowest BCUT2D eigenvalue weighted by Crippen LogP contribution is -2.32. The number of nitrogens with one attached hydrogen (secondary N) is 1. The van der Waals surface area contributed by atoms with Gasteiger partial charge in [-0.3, -0.25) is 4.79 Å². The van der Waals surface area contributed by atoms with Gasteiger partial charge in [-0.15, -0.1) is 0 Å². The second-order valence-electron chi connectivity index (χ2n) is 5.95. The molecule has 0 aromatic heterocycles. The van der Waals surface area contributed by atoms with E-state index < -0.39 is 27.1 Å². The maximum absolute atomic E-state index is 12.8. The van der Waals surface area contributed by atoms with Crippen molar-refractivity contribution in [3.8, 4) is 0 Å². The largest absolute Gasteiger partial charge is 0.465 e. The molecule has 0 saturated carbocycles. The predicted molar refractivity (Wildman–Crippen MR) is 102 cm³/mol. The van der Waals surface area contributed by atoms with Crippen molar-refractivity contribution in [3.05, 3.63) is 30.3 Å². The van der Waals surface area contributed by atoms with Crippen LogP contribution in [0.4, 0.5) is 4.79 Å². The fourth-order valence-electron chi connectivity index (χ4n) is 2.59. The lowest BCUT2D eigenvalue weighted by atomic mass is 10.1. The first-order valence-corrected chi connectivity index (χ1v) is 10.8. The van der Waals surface area contributed by atoms with Crippen molar-refractivity contribution in [1.82, 2.24) is 5.32 Å². The number of carbonyl (C=O) groups excluding carboxylic acids is 2.